The van der Waals surface area contributed by atoms with Gasteiger partial charge >= 0.3 is 5.97 Å². The number of halogens is 1. The second kappa shape index (κ2) is 6.37. The summed E-state index contributed by atoms with van der Waals surface area (Å²) in [7, 11) is -4.37. The van der Waals surface area contributed by atoms with Crippen LogP contribution >= 0.6 is 11.6 Å². The van der Waals surface area contributed by atoms with Crippen molar-refractivity contribution in [1.29, 1.82) is 0 Å². The Kier molecular flexibility index (Phi) is 5.26. The van der Waals surface area contributed by atoms with Gasteiger partial charge in [0.05, 0.1) is 4.92 Å². The summed E-state index contributed by atoms with van der Waals surface area (Å²) in [4.78, 5) is 20.4. The third-order valence-corrected chi connectivity index (χ3v) is 4.35. The first-order chi connectivity index (χ1) is 9.56. The molecule has 21 heavy (non-hydrogen) atoms. The Balaban J connectivity index is 3.32. The Bertz CT molecular complexity index is 673. The largest absolute Gasteiger partial charge is 0.480 e. The van der Waals surface area contributed by atoms with E-state index in [4.69, 9.17) is 16.7 Å². The number of benzene rings is 1. The zero-order valence-corrected chi connectivity index (χ0v) is 12.7. The average molecular weight is 337 g/mol. The van der Waals surface area contributed by atoms with Crippen molar-refractivity contribution >= 4 is 33.3 Å². The van der Waals surface area contributed by atoms with Crippen LogP contribution in [0.3, 0.4) is 0 Å². The first kappa shape index (κ1) is 17.3. The van der Waals surface area contributed by atoms with E-state index in [0.29, 0.717) is 0 Å². The number of carbonyl (C=O) groups is 1. The summed E-state index contributed by atoms with van der Waals surface area (Å²) < 4.78 is 26.3. The molecule has 10 heteroatoms. The zero-order valence-electron chi connectivity index (χ0n) is 11.1. The number of nitro groups is 1. The number of nitro benzene ring substituents is 1. The lowest BCUT2D eigenvalue weighted by molar-refractivity contribution is -0.387. The standard InChI is InChI=1S/C11H13ClN2O6S/c1-6(2)10(11(15)16)13-21(19,20)9-4-3-7(12)5-8(9)14(17)18/h3-6,10,13H,1-2H3,(H,15,16). The van der Waals surface area contributed by atoms with E-state index in [0.717, 1.165) is 12.1 Å². The molecule has 1 atom stereocenters. The topological polar surface area (TPSA) is 127 Å². The van der Waals surface area contributed by atoms with Crippen molar-refractivity contribution in [3.63, 3.8) is 0 Å². The van der Waals surface area contributed by atoms with Gasteiger partial charge in [0, 0.05) is 11.1 Å². The van der Waals surface area contributed by atoms with Gasteiger partial charge in [0.25, 0.3) is 5.69 Å². The number of sulfonamides is 1. The third kappa shape index (κ3) is 4.13. The van der Waals surface area contributed by atoms with Crippen molar-refractivity contribution in [3.05, 3.63) is 33.3 Å². The molecule has 116 valence electrons. The van der Waals surface area contributed by atoms with Crippen LogP contribution in [0.4, 0.5) is 5.69 Å². The number of rotatable bonds is 6. The van der Waals surface area contributed by atoms with E-state index < -0.39 is 43.5 Å². The SMILES string of the molecule is CC(C)C(NS(=O)(=O)c1ccc(Cl)cc1[N+](=O)[O-])C(=O)O. The fourth-order valence-corrected chi connectivity index (χ4v) is 3.22. The van der Waals surface area contributed by atoms with E-state index in [1.807, 2.05) is 4.72 Å². The molecule has 0 fully saturated rings. The number of carboxylic acid groups (broad SMARTS) is 1. The molecule has 1 aromatic carbocycles. The van der Waals surface area contributed by atoms with Crippen LogP contribution in [0.1, 0.15) is 13.8 Å². The summed E-state index contributed by atoms with van der Waals surface area (Å²) >= 11 is 5.60. The molecule has 2 N–H and O–H groups in total. The van der Waals surface area contributed by atoms with Crippen LogP contribution in [0.15, 0.2) is 23.1 Å². The Morgan fingerprint density at radius 1 is 1.43 bits per heavy atom. The van der Waals surface area contributed by atoms with Gasteiger partial charge in [0.1, 0.15) is 6.04 Å². The minimum atomic E-state index is -4.37. The minimum absolute atomic E-state index is 0.000654. The average Bonchev–Trinajstić information content (AvgIpc) is 2.34. The lowest BCUT2D eigenvalue weighted by atomic mass is 10.1. The molecular weight excluding hydrogens is 324 g/mol. The van der Waals surface area contributed by atoms with Crippen LogP contribution in [0.25, 0.3) is 0 Å². The van der Waals surface area contributed by atoms with Gasteiger partial charge in [-0.3, -0.25) is 14.9 Å². The minimum Gasteiger partial charge on any atom is -0.480 e. The second-order valence-electron chi connectivity index (χ2n) is 4.55. The van der Waals surface area contributed by atoms with E-state index in [9.17, 15) is 23.3 Å². The molecule has 0 amide bonds. The maximum absolute atomic E-state index is 12.2. The Hall–Kier alpha value is -1.71. The van der Waals surface area contributed by atoms with Crippen LogP contribution in [0, 0.1) is 16.0 Å². The van der Waals surface area contributed by atoms with Crippen LogP contribution in [-0.2, 0) is 14.8 Å². The Labute approximate surface area is 125 Å². The smallest absolute Gasteiger partial charge is 0.322 e. The molecule has 0 aliphatic carbocycles. The highest BCUT2D eigenvalue weighted by Crippen LogP contribution is 2.27. The van der Waals surface area contributed by atoms with Crippen LogP contribution in [0.5, 0.6) is 0 Å². The van der Waals surface area contributed by atoms with Gasteiger partial charge in [-0.15, -0.1) is 0 Å². The molecule has 0 aromatic heterocycles. The van der Waals surface area contributed by atoms with E-state index >= 15 is 0 Å². The van der Waals surface area contributed by atoms with Gasteiger partial charge in [0.2, 0.25) is 10.0 Å². The van der Waals surface area contributed by atoms with Crippen molar-refractivity contribution in [2.45, 2.75) is 24.8 Å². The molecule has 1 unspecified atom stereocenters. The highest BCUT2D eigenvalue weighted by atomic mass is 35.5. The van der Waals surface area contributed by atoms with E-state index in [2.05, 4.69) is 0 Å². The summed E-state index contributed by atoms with van der Waals surface area (Å²) in [6, 6.07) is 1.63. The number of aliphatic carboxylic acids is 1. The van der Waals surface area contributed by atoms with E-state index in [1.54, 1.807) is 0 Å². The van der Waals surface area contributed by atoms with Crippen molar-refractivity contribution in [1.82, 2.24) is 4.72 Å². The monoisotopic (exact) mass is 336 g/mol. The first-order valence-electron chi connectivity index (χ1n) is 5.75. The second-order valence-corrected chi connectivity index (χ2v) is 6.67. The molecule has 1 rings (SSSR count). The van der Waals surface area contributed by atoms with Gasteiger partial charge in [-0.25, -0.2) is 8.42 Å². The fourth-order valence-electron chi connectivity index (χ4n) is 1.56. The predicted molar refractivity (Wildman–Crippen MR) is 74.7 cm³/mol. The molecule has 0 heterocycles. The molecule has 0 bridgehead atoms. The molecule has 0 spiro atoms. The fraction of sp³-hybridized carbons (Fsp3) is 0.364. The third-order valence-electron chi connectivity index (χ3n) is 2.62. The van der Waals surface area contributed by atoms with Crippen molar-refractivity contribution < 1.29 is 23.2 Å². The highest BCUT2D eigenvalue weighted by molar-refractivity contribution is 7.89. The number of nitrogens with one attached hydrogen (secondary N) is 1. The molecule has 0 aliphatic rings. The summed E-state index contributed by atoms with van der Waals surface area (Å²) in [5, 5.41) is 19.9. The van der Waals surface area contributed by atoms with Gasteiger partial charge < -0.3 is 5.11 Å². The first-order valence-corrected chi connectivity index (χ1v) is 7.61. The maximum atomic E-state index is 12.2. The Morgan fingerprint density at radius 3 is 2.43 bits per heavy atom. The van der Waals surface area contributed by atoms with Crippen LogP contribution in [0.2, 0.25) is 5.02 Å². The quantitative estimate of drug-likeness (QED) is 0.600. The molecule has 0 saturated heterocycles. The molecule has 8 nitrogen and oxygen atoms in total. The summed E-state index contributed by atoms with van der Waals surface area (Å²) in [5.41, 5.74) is -0.720. The molecule has 0 aliphatic heterocycles. The molecule has 0 saturated carbocycles. The van der Waals surface area contributed by atoms with Crippen LogP contribution < -0.4 is 4.72 Å². The number of hydrogen-bond donors (Lipinski definition) is 2. The molecule has 1 aromatic rings. The highest BCUT2D eigenvalue weighted by Gasteiger charge is 2.32. The lowest BCUT2D eigenvalue weighted by Gasteiger charge is -2.17. The van der Waals surface area contributed by atoms with Gasteiger partial charge in [-0.2, -0.15) is 4.72 Å². The normalized spacial score (nSPS) is 13.1. The van der Waals surface area contributed by atoms with Gasteiger partial charge in [-0.1, -0.05) is 25.4 Å². The van der Waals surface area contributed by atoms with E-state index in [1.165, 1.54) is 19.9 Å². The van der Waals surface area contributed by atoms with Crippen LogP contribution in [-0.4, -0.2) is 30.5 Å². The summed E-state index contributed by atoms with van der Waals surface area (Å²) in [5.74, 6) is -1.91. The summed E-state index contributed by atoms with van der Waals surface area (Å²) in [6.45, 7) is 3.02. The van der Waals surface area contributed by atoms with Gasteiger partial charge in [-0.05, 0) is 18.1 Å². The van der Waals surface area contributed by atoms with Crippen molar-refractivity contribution in [2.75, 3.05) is 0 Å². The zero-order chi connectivity index (χ0) is 16.4. The lowest BCUT2D eigenvalue weighted by Crippen LogP contribution is -2.44. The maximum Gasteiger partial charge on any atom is 0.322 e. The van der Waals surface area contributed by atoms with E-state index in [-0.39, 0.29) is 5.02 Å². The predicted octanol–water partition coefficient (Wildman–Crippen LogP) is 1.64. The molecular formula is C11H13ClN2O6S. The van der Waals surface area contributed by atoms with Crippen molar-refractivity contribution in [2.24, 2.45) is 5.92 Å². The number of nitrogens with zero attached hydrogens (tertiary/aromatic N) is 1. The van der Waals surface area contributed by atoms with Crippen molar-refractivity contribution in [3.8, 4) is 0 Å². The Morgan fingerprint density at radius 2 is 2.00 bits per heavy atom. The number of carboxylic acids is 1. The number of hydrogen-bond acceptors (Lipinski definition) is 5. The molecule has 0 radical (unpaired) electrons. The van der Waals surface area contributed by atoms with Gasteiger partial charge in [0.15, 0.2) is 4.90 Å². The summed E-state index contributed by atoms with van der Waals surface area (Å²) in [6.07, 6.45) is 0.